The number of halogens is 1. The zero-order chi connectivity index (χ0) is 22.4. The molecule has 0 unspecified atom stereocenters. The normalized spacial score (nSPS) is 11.3. The van der Waals surface area contributed by atoms with Crippen molar-refractivity contribution in [2.45, 2.75) is 58.1 Å². The Bertz CT molecular complexity index is 963. The van der Waals surface area contributed by atoms with E-state index in [2.05, 4.69) is 10.2 Å². The molecule has 0 bridgehead atoms. The minimum absolute atomic E-state index is 0.0708. The average Bonchev–Trinajstić information content (AvgIpc) is 3.36. The monoisotopic (exact) mass is 462 g/mol. The topological polar surface area (TPSA) is 73.4 Å². The fraction of sp³-hybridized carbons (Fsp3) is 0.409. The Morgan fingerprint density at radius 2 is 1.87 bits per heavy atom. The lowest BCUT2D eigenvalue weighted by atomic mass is 10.2. The van der Waals surface area contributed by atoms with Crippen molar-refractivity contribution in [2.75, 3.05) is 5.75 Å². The van der Waals surface area contributed by atoms with E-state index in [-0.39, 0.29) is 30.4 Å². The van der Waals surface area contributed by atoms with Crippen molar-refractivity contribution < 1.29 is 13.9 Å². The summed E-state index contributed by atoms with van der Waals surface area (Å²) < 4.78 is 13.3. The second kappa shape index (κ2) is 10.7. The number of rotatable bonds is 10. The lowest BCUT2D eigenvalue weighted by Gasteiger charge is -2.30. The molecular weight excluding hydrogens is 436 g/mol. The number of nitrogens with zero attached hydrogens (tertiary/aromatic N) is 4. The van der Waals surface area contributed by atoms with Gasteiger partial charge in [-0.2, -0.15) is 0 Å². The Morgan fingerprint density at radius 3 is 2.48 bits per heavy atom. The number of carbonyl (C=O) groups is 1. The Labute approximate surface area is 191 Å². The molecule has 0 radical (unpaired) electrons. The molecule has 3 aromatic rings. The van der Waals surface area contributed by atoms with Crippen LogP contribution in [0, 0.1) is 0 Å². The maximum atomic E-state index is 12.8. The molecule has 31 heavy (non-hydrogen) atoms. The second-order valence-corrected chi connectivity index (χ2v) is 8.96. The Hall–Kier alpha value is -2.45. The van der Waals surface area contributed by atoms with Gasteiger partial charge in [0.2, 0.25) is 5.91 Å². The third-order valence-corrected chi connectivity index (χ3v) is 5.80. The fourth-order valence-electron chi connectivity index (χ4n) is 3.30. The molecule has 1 amide bonds. The SMILES string of the molecule is CC(C)N(C(=O)CSc1nnc(COc2ccc(Cl)cc2)n1Cc1ccco1)C(C)C. The summed E-state index contributed by atoms with van der Waals surface area (Å²) in [5.74, 6) is 2.45. The Kier molecular flexibility index (Phi) is 8.03. The van der Waals surface area contributed by atoms with Gasteiger partial charge < -0.3 is 14.1 Å². The van der Waals surface area contributed by atoms with Crippen molar-refractivity contribution in [2.24, 2.45) is 0 Å². The van der Waals surface area contributed by atoms with Crippen LogP contribution in [0.5, 0.6) is 5.75 Å². The number of benzene rings is 1. The van der Waals surface area contributed by atoms with E-state index in [9.17, 15) is 4.79 Å². The van der Waals surface area contributed by atoms with Gasteiger partial charge in [0.1, 0.15) is 18.1 Å². The van der Waals surface area contributed by atoms with Crippen LogP contribution >= 0.6 is 23.4 Å². The van der Waals surface area contributed by atoms with E-state index in [1.807, 2.05) is 49.3 Å². The summed E-state index contributed by atoms with van der Waals surface area (Å²) in [5.41, 5.74) is 0. The number of hydrogen-bond acceptors (Lipinski definition) is 6. The van der Waals surface area contributed by atoms with Crippen LogP contribution in [-0.2, 0) is 17.9 Å². The summed E-state index contributed by atoms with van der Waals surface area (Å²) >= 11 is 7.30. The van der Waals surface area contributed by atoms with Gasteiger partial charge in [0.25, 0.3) is 0 Å². The standard InChI is InChI=1S/C22H27ClN4O3S/c1-15(2)27(16(3)4)21(28)14-31-22-25-24-20(26(22)12-19-6-5-11-29-19)13-30-18-9-7-17(23)8-10-18/h5-11,15-16H,12-14H2,1-4H3. The van der Waals surface area contributed by atoms with Crippen LogP contribution in [0.15, 0.2) is 52.2 Å². The van der Waals surface area contributed by atoms with Gasteiger partial charge in [0.05, 0.1) is 18.6 Å². The quantitative estimate of drug-likeness (QED) is 0.399. The molecule has 166 valence electrons. The zero-order valence-electron chi connectivity index (χ0n) is 18.1. The van der Waals surface area contributed by atoms with E-state index in [1.165, 1.54) is 11.8 Å². The van der Waals surface area contributed by atoms with Crippen LogP contribution in [0.4, 0.5) is 0 Å². The molecule has 0 N–H and O–H groups in total. The summed E-state index contributed by atoms with van der Waals surface area (Å²) in [4.78, 5) is 14.6. The fourth-order valence-corrected chi connectivity index (χ4v) is 4.25. The van der Waals surface area contributed by atoms with Crippen molar-refractivity contribution >= 4 is 29.3 Å². The van der Waals surface area contributed by atoms with Crippen LogP contribution in [0.1, 0.15) is 39.3 Å². The Morgan fingerprint density at radius 1 is 1.16 bits per heavy atom. The van der Waals surface area contributed by atoms with E-state index in [0.29, 0.717) is 28.3 Å². The highest BCUT2D eigenvalue weighted by atomic mass is 35.5. The molecular formula is C22H27ClN4O3S. The number of furan rings is 1. The molecule has 2 aromatic heterocycles. The summed E-state index contributed by atoms with van der Waals surface area (Å²) in [6.45, 7) is 8.77. The molecule has 0 aliphatic heterocycles. The van der Waals surface area contributed by atoms with Crippen molar-refractivity contribution in [3.63, 3.8) is 0 Å². The van der Waals surface area contributed by atoms with Gasteiger partial charge in [-0.3, -0.25) is 9.36 Å². The Balaban J connectivity index is 1.74. The zero-order valence-corrected chi connectivity index (χ0v) is 19.7. The smallest absolute Gasteiger partial charge is 0.233 e. The maximum Gasteiger partial charge on any atom is 0.233 e. The maximum absolute atomic E-state index is 12.8. The summed E-state index contributed by atoms with van der Waals surface area (Å²) in [6, 6.07) is 11.1. The van der Waals surface area contributed by atoms with Gasteiger partial charge in [-0.1, -0.05) is 23.4 Å². The van der Waals surface area contributed by atoms with Crippen LogP contribution in [-0.4, -0.2) is 43.4 Å². The largest absolute Gasteiger partial charge is 0.486 e. The van der Waals surface area contributed by atoms with E-state index in [0.717, 1.165) is 5.76 Å². The molecule has 0 aliphatic rings. The molecule has 0 fully saturated rings. The summed E-state index contributed by atoms with van der Waals surface area (Å²) in [6.07, 6.45) is 1.63. The first-order chi connectivity index (χ1) is 14.8. The highest BCUT2D eigenvalue weighted by Crippen LogP contribution is 2.22. The molecule has 0 saturated heterocycles. The molecule has 9 heteroatoms. The van der Waals surface area contributed by atoms with Gasteiger partial charge >= 0.3 is 0 Å². The highest BCUT2D eigenvalue weighted by molar-refractivity contribution is 7.99. The number of ether oxygens (including phenoxy) is 1. The van der Waals surface area contributed by atoms with Crippen LogP contribution in [0.3, 0.4) is 0 Å². The molecule has 0 atom stereocenters. The second-order valence-electron chi connectivity index (χ2n) is 7.58. The van der Waals surface area contributed by atoms with Gasteiger partial charge in [0, 0.05) is 17.1 Å². The van der Waals surface area contributed by atoms with Gasteiger partial charge in [-0.25, -0.2) is 0 Å². The van der Waals surface area contributed by atoms with Crippen LogP contribution in [0.2, 0.25) is 5.02 Å². The van der Waals surface area contributed by atoms with Crippen molar-refractivity contribution in [3.8, 4) is 5.75 Å². The van der Waals surface area contributed by atoms with Gasteiger partial charge in [0.15, 0.2) is 11.0 Å². The van der Waals surface area contributed by atoms with E-state index in [1.54, 1.807) is 30.5 Å². The molecule has 0 spiro atoms. The number of aromatic nitrogens is 3. The van der Waals surface area contributed by atoms with Gasteiger partial charge in [-0.15, -0.1) is 10.2 Å². The molecule has 0 saturated carbocycles. The molecule has 3 rings (SSSR count). The number of amides is 1. The number of carbonyl (C=O) groups excluding carboxylic acids is 1. The average molecular weight is 463 g/mol. The summed E-state index contributed by atoms with van der Waals surface area (Å²) in [5, 5.41) is 9.90. The van der Waals surface area contributed by atoms with Gasteiger partial charge in [-0.05, 0) is 64.1 Å². The summed E-state index contributed by atoms with van der Waals surface area (Å²) in [7, 11) is 0. The molecule has 2 heterocycles. The highest BCUT2D eigenvalue weighted by Gasteiger charge is 2.22. The van der Waals surface area contributed by atoms with E-state index >= 15 is 0 Å². The lowest BCUT2D eigenvalue weighted by molar-refractivity contribution is -0.131. The molecule has 0 aliphatic carbocycles. The third-order valence-electron chi connectivity index (χ3n) is 4.59. The first kappa shape index (κ1) is 23.2. The van der Waals surface area contributed by atoms with Crippen molar-refractivity contribution in [1.29, 1.82) is 0 Å². The predicted octanol–water partition coefficient (Wildman–Crippen LogP) is 4.89. The first-order valence-electron chi connectivity index (χ1n) is 10.1. The minimum Gasteiger partial charge on any atom is -0.486 e. The number of hydrogen-bond donors (Lipinski definition) is 0. The third kappa shape index (κ3) is 6.27. The lowest BCUT2D eigenvalue weighted by Crippen LogP contribution is -2.43. The van der Waals surface area contributed by atoms with Crippen LogP contribution in [0.25, 0.3) is 0 Å². The molecule has 1 aromatic carbocycles. The van der Waals surface area contributed by atoms with Crippen molar-refractivity contribution in [1.82, 2.24) is 19.7 Å². The molecule has 7 nitrogen and oxygen atoms in total. The van der Waals surface area contributed by atoms with Crippen LogP contribution < -0.4 is 4.74 Å². The number of thioether (sulfide) groups is 1. The van der Waals surface area contributed by atoms with E-state index in [4.69, 9.17) is 20.8 Å². The van der Waals surface area contributed by atoms with E-state index < -0.39 is 0 Å². The first-order valence-corrected chi connectivity index (χ1v) is 11.5. The minimum atomic E-state index is 0.0708. The predicted molar refractivity (Wildman–Crippen MR) is 121 cm³/mol. The van der Waals surface area contributed by atoms with Crippen molar-refractivity contribution in [3.05, 3.63) is 59.3 Å².